The number of nitrogens with one attached hydrogen (secondary N) is 1. The molecule has 2 aromatic carbocycles. The van der Waals surface area contributed by atoms with E-state index in [0.717, 1.165) is 12.1 Å². The Bertz CT molecular complexity index is 647. The van der Waals surface area contributed by atoms with E-state index >= 15 is 0 Å². The zero-order valence-electron chi connectivity index (χ0n) is 13.1. The van der Waals surface area contributed by atoms with Gasteiger partial charge in [-0.2, -0.15) is 0 Å². The van der Waals surface area contributed by atoms with Gasteiger partial charge in [-0.05, 0) is 43.5 Å². The van der Waals surface area contributed by atoms with Crippen LogP contribution in [0.1, 0.15) is 33.9 Å². The summed E-state index contributed by atoms with van der Waals surface area (Å²) in [5.74, 6) is -1.37. The molecule has 2 rings (SSSR count). The molecule has 0 fully saturated rings. The normalized spacial score (nSPS) is 12.5. The third-order valence-corrected chi connectivity index (χ3v) is 3.80. The molecule has 118 valence electrons. The molecule has 2 aromatic rings. The average molecular weight is 305 g/mol. The van der Waals surface area contributed by atoms with Gasteiger partial charge in [0, 0.05) is 24.7 Å². The van der Waals surface area contributed by atoms with Crippen LogP contribution < -0.4 is 5.32 Å². The van der Waals surface area contributed by atoms with E-state index in [0.29, 0.717) is 6.54 Å². The minimum absolute atomic E-state index is 0.103. The largest absolute Gasteiger partial charge is 0.387 e. The van der Waals surface area contributed by atoms with Crippen LogP contribution in [0, 0.1) is 32.4 Å². The molecule has 0 aromatic heterocycles. The highest BCUT2D eigenvalue weighted by Crippen LogP contribution is 2.19. The number of hydrogen-bond acceptors (Lipinski definition) is 2. The summed E-state index contributed by atoms with van der Waals surface area (Å²) >= 11 is 0. The van der Waals surface area contributed by atoms with Crippen LogP contribution in [0.15, 0.2) is 30.3 Å². The lowest BCUT2D eigenvalue weighted by Crippen LogP contribution is -2.22. The van der Waals surface area contributed by atoms with Crippen molar-refractivity contribution < 1.29 is 13.9 Å². The Labute approximate surface area is 129 Å². The number of benzene rings is 2. The Morgan fingerprint density at radius 1 is 1.05 bits per heavy atom. The van der Waals surface area contributed by atoms with Crippen LogP contribution >= 0.6 is 0 Å². The third-order valence-electron chi connectivity index (χ3n) is 3.80. The van der Waals surface area contributed by atoms with Crippen molar-refractivity contribution >= 4 is 0 Å². The van der Waals surface area contributed by atoms with Gasteiger partial charge >= 0.3 is 0 Å². The summed E-state index contributed by atoms with van der Waals surface area (Å²) in [7, 11) is 0. The van der Waals surface area contributed by atoms with E-state index in [1.54, 1.807) is 0 Å². The van der Waals surface area contributed by atoms with Crippen LogP contribution in [0.2, 0.25) is 0 Å². The summed E-state index contributed by atoms with van der Waals surface area (Å²) in [6, 6.07) is 7.43. The fourth-order valence-electron chi connectivity index (χ4n) is 2.70. The summed E-state index contributed by atoms with van der Waals surface area (Å²) in [5.41, 5.74) is 4.87. The molecule has 1 atom stereocenters. The molecule has 0 aliphatic carbocycles. The molecule has 2 N–H and O–H groups in total. The molecule has 0 heterocycles. The minimum Gasteiger partial charge on any atom is -0.387 e. The average Bonchev–Trinajstić information content (AvgIpc) is 2.41. The second-order valence-electron chi connectivity index (χ2n) is 5.69. The Kier molecular flexibility index (Phi) is 5.27. The standard InChI is InChI=1S/C18H21F2NO/c1-11-6-12(2)16(13(3)7-11)9-21-10-18(22)15-5-4-14(19)8-17(15)20/h4-8,18,21-22H,9-10H2,1-3H3. The molecule has 0 amide bonds. The van der Waals surface area contributed by atoms with Gasteiger partial charge in [0.15, 0.2) is 0 Å². The number of hydrogen-bond donors (Lipinski definition) is 2. The first-order valence-corrected chi connectivity index (χ1v) is 7.29. The van der Waals surface area contributed by atoms with Crippen molar-refractivity contribution in [2.24, 2.45) is 0 Å². The van der Waals surface area contributed by atoms with E-state index in [4.69, 9.17) is 0 Å². The van der Waals surface area contributed by atoms with Crippen molar-refractivity contribution in [3.63, 3.8) is 0 Å². The van der Waals surface area contributed by atoms with Crippen LogP contribution in [0.3, 0.4) is 0 Å². The topological polar surface area (TPSA) is 32.3 Å². The summed E-state index contributed by atoms with van der Waals surface area (Å²) in [5, 5.41) is 13.2. The maximum Gasteiger partial charge on any atom is 0.131 e. The van der Waals surface area contributed by atoms with Crippen molar-refractivity contribution in [1.29, 1.82) is 0 Å². The van der Waals surface area contributed by atoms with Gasteiger partial charge in [-0.25, -0.2) is 8.78 Å². The van der Waals surface area contributed by atoms with Crippen molar-refractivity contribution in [1.82, 2.24) is 5.32 Å². The lowest BCUT2D eigenvalue weighted by atomic mass is 10.00. The van der Waals surface area contributed by atoms with Crippen molar-refractivity contribution in [3.05, 3.63) is 69.8 Å². The molecule has 0 spiro atoms. The lowest BCUT2D eigenvalue weighted by Gasteiger charge is -2.16. The van der Waals surface area contributed by atoms with Crippen LogP contribution in [0.5, 0.6) is 0 Å². The first-order chi connectivity index (χ1) is 10.4. The van der Waals surface area contributed by atoms with Gasteiger partial charge < -0.3 is 10.4 Å². The first-order valence-electron chi connectivity index (χ1n) is 7.29. The zero-order valence-corrected chi connectivity index (χ0v) is 13.1. The fourth-order valence-corrected chi connectivity index (χ4v) is 2.70. The molecule has 0 bridgehead atoms. The first kappa shape index (κ1) is 16.6. The Morgan fingerprint density at radius 2 is 1.68 bits per heavy atom. The number of aliphatic hydroxyl groups is 1. The number of rotatable bonds is 5. The van der Waals surface area contributed by atoms with Crippen LogP contribution in [-0.2, 0) is 6.54 Å². The van der Waals surface area contributed by atoms with Gasteiger partial charge in [0.05, 0.1) is 6.10 Å². The van der Waals surface area contributed by atoms with E-state index in [1.807, 2.05) is 13.8 Å². The second-order valence-corrected chi connectivity index (χ2v) is 5.69. The molecule has 0 aliphatic heterocycles. The number of aliphatic hydroxyl groups excluding tert-OH is 1. The van der Waals surface area contributed by atoms with Gasteiger partial charge in [0.25, 0.3) is 0 Å². The van der Waals surface area contributed by atoms with Crippen molar-refractivity contribution in [3.8, 4) is 0 Å². The molecule has 4 heteroatoms. The summed E-state index contributed by atoms with van der Waals surface area (Å²) in [6.07, 6.45) is -1.01. The maximum atomic E-state index is 13.6. The smallest absolute Gasteiger partial charge is 0.131 e. The number of aryl methyl sites for hydroxylation is 3. The lowest BCUT2D eigenvalue weighted by molar-refractivity contribution is 0.169. The number of halogens is 2. The monoisotopic (exact) mass is 305 g/mol. The molecular weight excluding hydrogens is 284 g/mol. The van der Waals surface area contributed by atoms with E-state index < -0.39 is 17.7 Å². The molecule has 0 saturated heterocycles. The summed E-state index contributed by atoms with van der Waals surface area (Å²) < 4.78 is 26.5. The predicted molar refractivity (Wildman–Crippen MR) is 83.7 cm³/mol. The predicted octanol–water partition coefficient (Wildman–Crippen LogP) is 3.71. The van der Waals surface area contributed by atoms with Crippen molar-refractivity contribution in [2.75, 3.05) is 6.54 Å². The molecule has 22 heavy (non-hydrogen) atoms. The SMILES string of the molecule is Cc1cc(C)c(CNCC(O)c2ccc(F)cc2F)c(C)c1. The van der Waals surface area contributed by atoms with E-state index in [2.05, 4.69) is 24.4 Å². The van der Waals surface area contributed by atoms with Gasteiger partial charge in [0.2, 0.25) is 0 Å². The Balaban J connectivity index is 1.99. The van der Waals surface area contributed by atoms with Gasteiger partial charge in [0.1, 0.15) is 11.6 Å². The summed E-state index contributed by atoms with van der Waals surface area (Å²) in [6.45, 7) is 6.95. The highest BCUT2D eigenvalue weighted by Gasteiger charge is 2.13. The summed E-state index contributed by atoms with van der Waals surface area (Å²) in [4.78, 5) is 0. The Morgan fingerprint density at radius 3 is 2.27 bits per heavy atom. The van der Waals surface area contributed by atoms with E-state index in [1.165, 1.54) is 28.3 Å². The van der Waals surface area contributed by atoms with Crippen LogP contribution in [0.25, 0.3) is 0 Å². The maximum absolute atomic E-state index is 13.6. The molecule has 0 aliphatic rings. The fraction of sp³-hybridized carbons (Fsp3) is 0.333. The highest BCUT2D eigenvalue weighted by molar-refractivity contribution is 5.37. The van der Waals surface area contributed by atoms with Crippen molar-refractivity contribution in [2.45, 2.75) is 33.4 Å². The Hall–Kier alpha value is -1.78. The molecule has 1 unspecified atom stereocenters. The van der Waals surface area contributed by atoms with Crippen LogP contribution in [-0.4, -0.2) is 11.7 Å². The second kappa shape index (κ2) is 6.99. The molecule has 0 radical (unpaired) electrons. The highest BCUT2D eigenvalue weighted by atomic mass is 19.1. The quantitative estimate of drug-likeness (QED) is 0.882. The van der Waals surface area contributed by atoms with Gasteiger partial charge in [-0.15, -0.1) is 0 Å². The zero-order chi connectivity index (χ0) is 16.3. The molecule has 0 saturated carbocycles. The third kappa shape index (κ3) is 3.90. The van der Waals surface area contributed by atoms with Gasteiger partial charge in [-0.3, -0.25) is 0 Å². The molecule has 2 nitrogen and oxygen atoms in total. The van der Waals surface area contributed by atoms with E-state index in [-0.39, 0.29) is 12.1 Å². The minimum atomic E-state index is -1.01. The van der Waals surface area contributed by atoms with Crippen LogP contribution in [0.4, 0.5) is 8.78 Å². The van der Waals surface area contributed by atoms with Gasteiger partial charge in [-0.1, -0.05) is 23.8 Å². The molecular formula is C18H21F2NO. The van der Waals surface area contributed by atoms with E-state index in [9.17, 15) is 13.9 Å².